The maximum absolute atomic E-state index is 12.1. The molecule has 0 radical (unpaired) electrons. The predicted molar refractivity (Wildman–Crippen MR) is 82.6 cm³/mol. The van der Waals surface area contributed by atoms with Crippen LogP contribution in [0, 0.1) is 0 Å². The Kier molecular flexibility index (Phi) is 5.77. The fourth-order valence-corrected chi connectivity index (χ4v) is 2.82. The van der Waals surface area contributed by atoms with Crippen LogP contribution in [0.5, 0.6) is 0 Å². The Morgan fingerprint density at radius 1 is 1.40 bits per heavy atom. The average Bonchev–Trinajstić information content (AvgIpc) is 2.79. The summed E-state index contributed by atoms with van der Waals surface area (Å²) < 4.78 is 25.4. The zero-order valence-electron chi connectivity index (χ0n) is 13.2. The van der Waals surface area contributed by atoms with Crippen LogP contribution in [0.15, 0.2) is 12.4 Å². The van der Waals surface area contributed by atoms with E-state index in [0.717, 1.165) is 25.3 Å². The minimum atomic E-state index is -3.15. The smallest absolute Gasteiger partial charge is 0.154 e. The molecule has 0 fully saturated rings. The van der Waals surface area contributed by atoms with Crippen molar-refractivity contribution in [3.05, 3.63) is 18.2 Å². The fraction of sp³-hybridized carbons (Fsp3) is 0.786. The van der Waals surface area contributed by atoms with Crippen LogP contribution in [0.25, 0.3) is 0 Å². The fourth-order valence-electron chi connectivity index (χ4n) is 2.14. The largest absolute Gasteiger partial charge is 0.335 e. The van der Waals surface area contributed by atoms with E-state index >= 15 is 0 Å². The lowest BCUT2D eigenvalue weighted by Gasteiger charge is -2.33. The first-order valence-corrected chi connectivity index (χ1v) is 9.06. The highest BCUT2D eigenvalue weighted by atomic mass is 32.2. The standard InChI is InChI=1S/C14H27N3O2S/c1-6-8-15-12(14(3,4)20(5,18)19)11-13-16-9-10-17(13)7-2/h9-10,12,15H,6-8,11H2,1-5H3. The molecular weight excluding hydrogens is 274 g/mol. The molecule has 1 heterocycles. The number of nitrogens with one attached hydrogen (secondary N) is 1. The summed E-state index contributed by atoms with van der Waals surface area (Å²) in [6, 6.07) is -0.148. The Labute approximate surface area is 122 Å². The zero-order chi connectivity index (χ0) is 15.4. The van der Waals surface area contributed by atoms with Gasteiger partial charge < -0.3 is 9.88 Å². The van der Waals surface area contributed by atoms with E-state index in [1.54, 1.807) is 20.0 Å². The zero-order valence-corrected chi connectivity index (χ0v) is 14.0. The lowest BCUT2D eigenvalue weighted by Crippen LogP contribution is -2.53. The molecular formula is C14H27N3O2S. The number of imidazole rings is 1. The van der Waals surface area contributed by atoms with Gasteiger partial charge in [-0.15, -0.1) is 0 Å². The van der Waals surface area contributed by atoms with Crippen LogP contribution in [0.1, 0.15) is 39.9 Å². The van der Waals surface area contributed by atoms with Gasteiger partial charge in [0.2, 0.25) is 0 Å². The molecule has 0 spiro atoms. The van der Waals surface area contributed by atoms with Crippen molar-refractivity contribution in [1.82, 2.24) is 14.9 Å². The van der Waals surface area contributed by atoms with Crippen LogP contribution in [-0.2, 0) is 22.8 Å². The highest BCUT2D eigenvalue weighted by molar-refractivity contribution is 7.92. The van der Waals surface area contributed by atoms with E-state index in [9.17, 15) is 8.42 Å². The number of aryl methyl sites for hydroxylation is 1. The maximum atomic E-state index is 12.1. The molecule has 0 aliphatic rings. The van der Waals surface area contributed by atoms with Gasteiger partial charge in [-0.3, -0.25) is 0 Å². The summed E-state index contributed by atoms with van der Waals surface area (Å²) in [5.41, 5.74) is 0. The van der Waals surface area contributed by atoms with Crippen LogP contribution >= 0.6 is 0 Å². The first-order chi connectivity index (χ1) is 9.24. The summed E-state index contributed by atoms with van der Waals surface area (Å²) in [4.78, 5) is 4.36. The van der Waals surface area contributed by atoms with E-state index in [4.69, 9.17) is 0 Å². The van der Waals surface area contributed by atoms with Crippen LogP contribution in [0.4, 0.5) is 0 Å². The number of nitrogens with zero attached hydrogens (tertiary/aromatic N) is 2. The Morgan fingerprint density at radius 2 is 2.05 bits per heavy atom. The average molecular weight is 301 g/mol. The summed E-state index contributed by atoms with van der Waals surface area (Å²) in [5, 5.41) is 3.37. The Bertz CT molecular complexity index is 520. The lowest BCUT2D eigenvalue weighted by atomic mass is 9.99. The third-order valence-corrected chi connectivity index (χ3v) is 6.16. The van der Waals surface area contributed by atoms with Crippen LogP contribution in [0.3, 0.4) is 0 Å². The van der Waals surface area contributed by atoms with Gasteiger partial charge in [0.1, 0.15) is 5.82 Å². The summed E-state index contributed by atoms with van der Waals surface area (Å²) in [6.45, 7) is 9.35. The molecule has 1 rings (SSSR count). The molecule has 0 saturated carbocycles. The molecule has 116 valence electrons. The molecule has 1 atom stereocenters. The molecule has 1 aromatic heterocycles. The molecule has 1 aromatic rings. The van der Waals surface area contributed by atoms with Gasteiger partial charge in [0.15, 0.2) is 9.84 Å². The van der Waals surface area contributed by atoms with Gasteiger partial charge in [-0.2, -0.15) is 0 Å². The molecule has 0 aromatic carbocycles. The second-order valence-electron chi connectivity index (χ2n) is 5.72. The third-order valence-electron chi connectivity index (χ3n) is 3.96. The molecule has 6 heteroatoms. The number of sulfone groups is 1. The minimum absolute atomic E-state index is 0.148. The van der Waals surface area contributed by atoms with Crippen molar-refractivity contribution in [3.63, 3.8) is 0 Å². The van der Waals surface area contributed by atoms with Gasteiger partial charge >= 0.3 is 0 Å². The lowest BCUT2D eigenvalue weighted by molar-refractivity contribution is 0.396. The monoisotopic (exact) mass is 301 g/mol. The normalized spacial score (nSPS) is 14.4. The van der Waals surface area contributed by atoms with Gasteiger partial charge in [-0.05, 0) is 33.7 Å². The van der Waals surface area contributed by atoms with E-state index in [1.807, 2.05) is 6.20 Å². The highest BCUT2D eigenvalue weighted by Crippen LogP contribution is 2.23. The van der Waals surface area contributed by atoms with E-state index in [2.05, 4.69) is 28.7 Å². The van der Waals surface area contributed by atoms with Gasteiger partial charge in [0.25, 0.3) is 0 Å². The van der Waals surface area contributed by atoms with Gasteiger partial charge in [0.05, 0.1) is 4.75 Å². The van der Waals surface area contributed by atoms with Crippen molar-refractivity contribution in [1.29, 1.82) is 0 Å². The van der Waals surface area contributed by atoms with Crippen molar-refractivity contribution in [2.24, 2.45) is 0 Å². The molecule has 0 amide bonds. The summed E-state index contributed by atoms with van der Waals surface area (Å²) in [7, 11) is -3.15. The highest BCUT2D eigenvalue weighted by Gasteiger charge is 2.39. The molecule has 1 unspecified atom stereocenters. The quantitative estimate of drug-likeness (QED) is 0.793. The number of aromatic nitrogens is 2. The molecule has 0 aliphatic heterocycles. The van der Waals surface area contributed by atoms with E-state index in [1.165, 1.54) is 6.26 Å². The second kappa shape index (κ2) is 6.72. The molecule has 20 heavy (non-hydrogen) atoms. The van der Waals surface area contributed by atoms with Crippen molar-refractivity contribution in [3.8, 4) is 0 Å². The van der Waals surface area contributed by atoms with E-state index < -0.39 is 14.6 Å². The van der Waals surface area contributed by atoms with Crippen molar-refractivity contribution < 1.29 is 8.42 Å². The Balaban J connectivity index is 3.01. The number of hydrogen-bond acceptors (Lipinski definition) is 4. The second-order valence-corrected chi connectivity index (χ2v) is 8.31. The van der Waals surface area contributed by atoms with Crippen molar-refractivity contribution in [2.75, 3.05) is 12.8 Å². The topological polar surface area (TPSA) is 64.0 Å². The van der Waals surface area contributed by atoms with E-state index in [-0.39, 0.29) is 6.04 Å². The summed E-state index contributed by atoms with van der Waals surface area (Å²) >= 11 is 0. The summed E-state index contributed by atoms with van der Waals surface area (Å²) in [6.07, 6.45) is 6.59. The van der Waals surface area contributed by atoms with Crippen LogP contribution < -0.4 is 5.32 Å². The molecule has 5 nitrogen and oxygen atoms in total. The first kappa shape index (κ1) is 17.2. The SMILES string of the molecule is CCCNC(Cc1nccn1CC)C(C)(C)S(C)(=O)=O. The maximum Gasteiger partial charge on any atom is 0.154 e. The number of rotatable bonds is 8. The van der Waals surface area contributed by atoms with Gasteiger partial charge in [-0.25, -0.2) is 13.4 Å². The molecule has 0 saturated heterocycles. The Morgan fingerprint density at radius 3 is 2.55 bits per heavy atom. The minimum Gasteiger partial charge on any atom is -0.335 e. The first-order valence-electron chi connectivity index (χ1n) is 7.17. The Hall–Kier alpha value is -0.880. The molecule has 0 aliphatic carbocycles. The summed E-state index contributed by atoms with van der Waals surface area (Å²) in [5.74, 6) is 0.929. The third kappa shape index (κ3) is 3.82. The predicted octanol–water partition coefficient (Wildman–Crippen LogP) is 1.64. The molecule has 0 bridgehead atoms. The van der Waals surface area contributed by atoms with Crippen molar-refractivity contribution >= 4 is 9.84 Å². The van der Waals surface area contributed by atoms with Gasteiger partial charge in [0, 0.05) is 37.7 Å². The molecule has 1 N–H and O–H groups in total. The van der Waals surface area contributed by atoms with Crippen LogP contribution in [0.2, 0.25) is 0 Å². The number of hydrogen-bond donors (Lipinski definition) is 1. The van der Waals surface area contributed by atoms with E-state index in [0.29, 0.717) is 6.42 Å². The van der Waals surface area contributed by atoms with Crippen LogP contribution in [-0.4, -0.2) is 41.6 Å². The van der Waals surface area contributed by atoms with Gasteiger partial charge in [-0.1, -0.05) is 6.92 Å². The van der Waals surface area contributed by atoms with Crippen molar-refractivity contribution in [2.45, 2.75) is 57.9 Å².